The van der Waals surface area contributed by atoms with Gasteiger partial charge in [0.2, 0.25) is 0 Å². The first-order valence-corrected chi connectivity index (χ1v) is 12.9. The number of methoxy groups -OCH3 is 3. The fourth-order valence-corrected chi connectivity index (χ4v) is 4.84. The molecule has 2 aromatic carbocycles. The fraction of sp³-hybridized carbons (Fsp3) is 0.263. The number of hydrogen-bond acceptors (Lipinski definition) is 7. The summed E-state index contributed by atoms with van der Waals surface area (Å²) in [7, 11) is -0.528. The summed E-state index contributed by atoms with van der Waals surface area (Å²) in [4.78, 5) is 35.5. The minimum absolute atomic E-state index is 0.0496. The van der Waals surface area contributed by atoms with E-state index in [1.54, 1.807) is 19.2 Å². The maximum atomic E-state index is 12.3. The Morgan fingerprint density at radius 2 is 1.77 bits per heavy atom. The first kappa shape index (κ1) is 23.1. The van der Waals surface area contributed by atoms with E-state index in [0.29, 0.717) is 28.3 Å². The van der Waals surface area contributed by atoms with Crippen molar-refractivity contribution < 1.29 is 37.9 Å². The molecule has 31 heavy (non-hydrogen) atoms. The molecule has 0 unspecified atom stereocenters. The summed E-state index contributed by atoms with van der Waals surface area (Å²) in [5.41, 5.74) is 1.55. The van der Waals surface area contributed by atoms with Gasteiger partial charge in [-0.25, -0.2) is 0 Å². The molecule has 0 bridgehead atoms. The quantitative estimate of drug-likeness (QED) is 0.372. The van der Waals surface area contributed by atoms with E-state index in [1.807, 2.05) is 11.9 Å². The van der Waals surface area contributed by atoms with Crippen LogP contribution in [-0.2, 0) is 9.36 Å². The van der Waals surface area contributed by atoms with Crippen molar-refractivity contribution in [1.82, 2.24) is 0 Å². The number of benzodiazepines with no additional fused rings is 1. The zero-order valence-electron chi connectivity index (χ0n) is 17.2. The van der Waals surface area contributed by atoms with Gasteiger partial charge in [-0.3, -0.25) is 0 Å². The van der Waals surface area contributed by atoms with Crippen molar-refractivity contribution in [3.8, 4) is 23.0 Å². The Labute approximate surface area is 185 Å². The normalized spacial score (nSPS) is 13.5. The second-order valence-electron chi connectivity index (χ2n) is 6.23. The van der Waals surface area contributed by atoms with E-state index in [9.17, 15) is 19.1 Å². The minimum atomic E-state index is -4.94. The van der Waals surface area contributed by atoms with Gasteiger partial charge in [0.15, 0.2) is 0 Å². The number of benzene rings is 2. The molecule has 1 amide bonds. The molecule has 2 aromatic rings. The summed E-state index contributed by atoms with van der Waals surface area (Å²) in [5, 5.41) is 2.61. The standard InChI is InChI=1S/C19H21N2O8PSe/c1-26-12-6-5-11-16(10-7-13(27-2)18(28-3)14(8-10)31-4)20-9-15(22)21-17(11)19(12)29-30(23,24)25/h5-8H,9H2,1-4H3,(H,21,22)(H2,23,24,25). The van der Waals surface area contributed by atoms with Gasteiger partial charge in [0.25, 0.3) is 0 Å². The third kappa shape index (κ3) is 4.87. The number of phosphoric ester groups is 1. The third-order valence-corrected chi connectivity index (χ3v) is 6.37. The zero-order chi connectivity index (χ0) is 22.8. The summed E-state index contributed by atoms with van der Waals surface area (Å²) in [6.07, 6.45) is 0. The van der Waals surface area contributed by atoms with Crippen LogP contribution in [0, 0.1) is 0 Å². The van der Waals surface area contributed by atoms with Crippen LogP contribution in [0.5, 0.6) is 23.0 Å². The van der Waals surface area contributed by atoms with Gasteiger partial charge in [-0.2, -0.15) is 0 Å². The number of ether oxygens (including phenoxy) is 3. The van der Waals surface area contributed by atoms with Crippen LogP contribution in [-0.4, -0.2) is 64.2 Å². The number of amides is 1. The van der Waals surface area contributed by atoms with Crippen LogP contribution in [0.3, 0.4) is 0 Å². The van der Waals surface area contributed by atoms with E-state index < -0.39 is 13.7 Å². The number of hydrogen-bond donors (Lipinski definition) is 3. The second-order valence-corrected chi connectivity index (χ2v) is 9.17. The van der Waals surface area contributed by atoms with Gasteiger partial charge in [0, 0.05) is 0 Å². The predicted octanol–water partition coefficient (Wildman–Crippen LogP) is 1.35. The Hall–Kier alpha value is -2.55. The molecule has 3 N–H and O–H groups in total. The Balaban J connectivity index is 2.27. The molecular formula is C19H21N2O8PSe. The molecule has 0 atom stereocenters. The van der Waals surface area contributed by atoms with Crippen LogP contribution in [0.4, 0.5) is 5.69 Å². The van der Waals surface area contributed by atoms with Crippen molar-refractivity contribution in [3.05, 3.63) is 35.4 Å². The van der Waals surface area contributed by atoms with Crippen molar-refractivity contribution in [1.29, 1.82) is 0 Å². The molecule has 1 aliphatic rings. The van der Waals surface area contributed by atoms with Crippen molar-refractivity contribution in [3.63, 3.8) is 0 Å². The van der Waals surface area contributed by atoms with Gasteiger partial charge >= 0.3 is 185 Å². The van der Waals surface area contributed by atoms with E-state index in [1.165, 1.54) is 20.3 Å². The Morgan fingerprint density at radius 3 is 2.35 bits per heavy atom. The summed E-state index contributed by atoms with van der Waals surface area (Å²) >= 11 is 0.0609. The van der Waals surface area contributed by atoms with Crippen LogP contribution < -0.4 is 28.5 Å². The van der Waals surface area contributed by atoms with Crippen LogP contribution in [0.25, 0.3) is 0 Å². The monoisotopic (exact) mass is 516 g/mol. The summed E-state index contributed by atoms with van der Waals surface area (Å²) in [6.45, 7) is -0.192. The average Bonchev–Trinajstić information content (AvgIpc) is 2.90. The molecule has 12 heteroatoms. The second kappa shape index (κ2) is 9.30. The number of nitrogens with zero attached hydrogens (tertiary/aromatic N) is 1. The van der Waals surface area contributed by atoms with E-state index in [-0.39, 0.29) is 38.7 Å². The van der Waals surface area contributed by atoms with Gasteiger partial charge in [-0.15, -0.1) is 0 Å². The third-order valence-electron chi connectivity index (χ3n) is 4.39. The number of rotatable bonds is 7. The summed E-state index contributed by atoms with van der Waals surface area (Å²) < 4.78 is 33.5. The number of anilines is 1. The SMILES string of the molecule is COc1cc(C2=NCC(=O)Nc3c2ccc(OC)c3OP(=O)(O)O)cc([Se]C)c1OC. The molecule has 0 spiro atoms. The van der Waals surface area contributed by atoms with E-state index in [0.717, 1.165) is 4.46 Å². The predicted molar refractivity (Wildman–Crippen MR) is 116 cm³/mol. The maximum absolute atomic E-state index is 12.3. The molecule has 0 saturated heterocycles. The molecule has 0 aromatic heterocycles. The molecule has 0 saturated carbocycles. The molecular weight excluding hydrogens is 494 g/mol. The van der Waals surface area contributed by atoms with Crippen LogP contribution in [0.2, 0.25) is 5.82 Å². The molecule has 1 aliphatic heterocycles. The van der Waals surface area contributed by atoms with E-state index in [2.05, 4.69) is 10.3 Å². The van der Waals surface area contributed by atoms with Crippen LogP contribution in [0.15, 0.2) is 29.3 Å². The molecule has 0 aliphatic carbocycles. The summed E-state index contributed by atoms with van der Waals surface area (Å²) in [5.74, 6) is 2.45. The van der Waals surface area contributed by atoms with Gasteiger partial charge in [0.1, 0.15) is 0 Å². The van der Waals surface area contributed by atoms with Gasteiger partial charge < -0.3 is 0 Å². The van der Waals surface area contributed by atoms with Crippen molar-refractivity contribution in [2.24, 2.45) is 4.99 Å². The van der Waals surface area contributed by atoms with Crippen molar-refractivity contribution in [2.45, 2.75) is 5.82 Å². The van der Waals surface area contributed by atoms with Gasteiger partial charge in [0.05, 0.1) is 0 Å². The van der Waals surface area contributed by atoms with Crippen molar-refractivity contribution >= 4 is 44.5 Å². The van der Waals surface area contributed by atoms with Gasteiger partial charge in [-0.1, -0.05) is 0 Å². The fourth-order valence-electron chi connectivity index (χ4n) is 3.13. The Kier molecular flexibility index (Phi) is 6.93. The molecule has 166 valence electrons. The molecule has 0 fully saturated rings. The average molecular weight is 515 g/mol. The first-order chi connectivity index (χ1) is 14.7. The van der Waals surface area contributed by atoms with Crippen molar-refractivity contribution in [2.75, 3.05) is 33.2 Å². The van der Waals surface area contributed by atoms with Crippen LogP contribution in [0.1, 0.15) is 11.1 Å². The molecule has 1 heterocycles. The molecule has 0 radical (unpaired) electrons. The van der Waals surface area contributed by atoms with Crippen LogP contribution >= 0.6 is 7.82 Å². The molecule has 3 rings (SSSR count). The number of carbonyl (C=O) groups excluding carboxylic acids is 1. The number of phosphoric acid groups is 1. The number of carbonyl (C=O) groups is 1. The number of aliphatic imine (C=N–C) groups is 1. The number of nitrogens with one attached hydrogen (secondary N) is 1. The summed E-state index contributed by atoms with van der Waals surface area (Å²) in [6, 6.07) is 6.76. The zero-order valence-corrected chi connectivity index (χ0v) is 19.8. The van der Waals surface area contributed by atoms with E-state index in [4.69, 9.17) is 18.7 Å². The van der Waals surface area contributed by atoms with Gasteiger partial charge in [-0.05, 0) is 0 Å². The first-order valence-electron chi connectivity index (χ1n) is 8.83. The molecule has 10 nitrogen and oxygen atoms in total. The number of fused-ring (bicyclic) bond motifs is 1. The topological polar surface area (TPSA) is 136 Å². The Morgan fingerprint density at radius 1 is 1.06 bits per heavy atom. The Bertz CT molecular complexity index is 1070. The van der Waals surface area contributed by atoms with E-state index >= 15 is 0 Å².